The van der Waals surface area contributed by atoms with Crippen LogP contribution in [0.5, 0.6) is 0 Å². The van der Waals surface area contributed by atoms with E-state index in [9.17, 15) is 14.0 Å². The molecular weight excluding hydrogens is 483 g/mol. The smallest absolute Gasteiger partial charge is 0.293 e. The Balaban J connectivity index is 1.64. The van der Waals surface area contributed by atoms with Gasteiger partial charge in [-0.1, -0.05) is 31.2 Å². The van der Waals surface area contributed by atoms with E-state index in [0.29, 0.717) is 35.7 Å². The monoisotopic (exact) mass is 520 g/mol. The summed E-state index contributed by atoms with van der Waals surface area (Å²) in [6, 6.07) is 6.99. The van der Waals surface area contributed by atoms with Crippen LogP contribution in [0.2, 0.25) is 0 Å². The van der Waals surface area contributed by atoms with Crippen LogP contribution in [0.25, 0.3) is 0 Å². The molecule has 8 heteroatoms. The molecule has 1 atom stereocenters. The number of hydrogen-bond donors (Lipinski definition) is 1. The van der Waals surface area contributed by atoms with Crippen molar-refractivity contribution in [3.05, 3.63) is 90.4 Å². The number of benzene rings is 2. The zero-order valence-electron chi connectivity index (χ0n) is 23.4. The summed E-state index contributed by atoms with van der Waals surface area (Å²) in [5.74, 6) is 0.242. The Bertz CT molecular complexity index is 1430. The number of fused-ring (bicyclic) bond motifs is 1. The number of amides is 1. The van der Waals surface area contributed by atoms with Gasteiger partial charge in [-0.25, -0.2) is 9.37 Å². The molecule has 0 saturated heterocycles. The second kappa shape index (κ2) is 11.0. The maximum absolute atomic E-state index is 13.8. The predicted molar refractivity (Wildman–Crippen MR) is 148 cm³/mol. The van der Waals surface area contributed by atoms with Gasteiger partial charge in [-0.2, -0.15) is 0 Å². The maximum Gasteiger partial charge on any atom is 0.293 e. The lowest BCUT2D eigenvalue weighted by molar-refractivity contribution is 0.0726. The van der Waals surface area contributed by atoms with Crippen LogP contribution in [0.4, 0.5) is 10.3 Å². The Kier molecular flexibility index (Phi) is 7.90. The van der Waals surface area contributed by atoms with Gasteiger partial charge in [-0.15, -0.1) is 4.73 Å². The molecular formula is C30H37FN4O3. The Morgan fingerprint density at radius 2 is 1.79 bits per heavy atom. The number of alkyl halides is 1. The molecule has 0 aliphatic carbocycles. The summed E-state index contributed by atoms with van der Waals surface area (Å²) in [5.41, 5.74) is 8.67. The quantitative estimate of drug-likeness (QED) is 0.478. The first-order chi connectivity index (χ1) is 18.1. The lowest BCUT2D eigenvalue weighted by Gasteiger charge is -2.31. The standard InChI is InChI=1S/C30H37FN4O3/c1-8-24-18(3)17(2)19(4)27(20(24)5)29(37)34-14-13-26-25(16-34)28(36)35(38-7)30(33-26)32-21(6)23-11-9-22(15-31)10-12-23/h9-12,21H,8,13-16H2,1-7H3,(H,32,33). The molecule has 38 heavy (non-hydrogen) atoms. The van der Waals surface area contributed by atoms with Crippen LogP contribution in [-0.4, -0.2) is 34.2 Å². The number of nitrogens with zero attached hydrogens (tertiary/aromatic N) is 3. The highest BCUT2D eigenvalue weighted by Gasteiger charge is 2.30. The minimum absolute atomic E-state index is 0.0561. The lowest BCUT2D eigenvalue weighted by atomic mass is 9.87. The molecule has 1 aliphatic rings. The highest BCUT2D eigenvalue weighted by atomic mass is 19.1. The van der Waals surface area contributed by atoms with Crippen molar-refractivity contribution in [2.24, 2.45) is 0 Å². The predicted octanol–water partition coefficient (Wildman–Crippen LogP) is 4.94. The molecule has 0 radical (unpaired) electrons. The third-order valence-electron chi connectivity index (χ3n) is 7.99. The number of carbonyl (C=O) groups is 1. The number of aromatic nitrogens is 2. The molecule has 1 aliphatic heterocycles. The fourth-order valence-corrected chi connectivity index (χ4v) is 5.48. The molecule has 0 bridgehead atoms. The highest BCUT2D eigenvalue weighted by Crippen LogP contribution is 2.29. The van der Waals surface area contributed by atoms with Crippen LogP contribution >= 0.6 is 0 Å². The number of halogens is 1. The Morgan fingerprint density at radius 1 is 1.11 bits per heavy atom. The molecule has 1 unspecified atom stereocenters. The average Bonchev–Trinajstić information content (AvgIpc) is 2.92. The van der Waals surface area contributed by atoms with E-state index in [2.05, 4.69) is 26.1 Å². The molecule has 4 rings (SSSR count). The van der Waals surface area contributed by atoms with Crippen molar-refractivity contribution in [2.75, 3.05) is 19.0 Å². The molecule has 1 amide bonds. The van der Waals surface area contributed by atoms with E-state index in [1.165, 1.54) is 18.2 Å². The molecule has 0 fully saturated rings. The Labute approximate surface area is 223 Å². The van der Waals surface area contributed by atoms with Crippen LogP contribution in [0.1, 0.15) is 80.4 Å². The van der Waals surface area contributed by atoms with Crippen molar-refractivity contribution >= 4 is 11.9 Å². The van der Waals surface area contributed by atoms with Gasteiger partial charge in [-0.3, -0.25) is 9.59 Å². The molecule has 202 valence electrons. The summed E-state index contributed by atoms with van der Waals surface area (Å²) < 4.78 is 14.0. The van der Waals surface area contributed by atoms with E-state index >= 15 is 0 Å². The molecule has 0 spiro atoms. The summed E-state index contributed by atoms with van der Waals surface area (Å²) in [7, 11) is 1.42. The van der Waals surface area contributed by atoms with Gasteiger partial charge in [0.15, 0.2) is 0 Å². The first-order valence-electron chi connectivity index (χ1n) is 13.1. The van der Waals surface area contributed by atoms with Gasteiger partial charge in [0.05, 0.1) is 23.8 Å². The van der Waals surface area contributed by atoms with Gasteiger partial charge in [0, 0.05) is 18.5 Å². The van der Waals surface area contributed by atoms with E-state index in [0.717, 1.165) is 39.0 Å². The van der Waals surface area contributed by atoms with Crippen molar-refractivity contribution in [1.29, 1.82) is 0 Å². The molecule has 3 aromatic rings. The molecule has 1 aromatic heterocycles. The second-order valence-electron chi connectivity index (χ2n) is 10.1. The summed E-state index contributed by atoms with van der Waals surface area (Å²) in [5, 5.41) is 3.26. The van der Waals surface area contributed by atoms with Crippen LogP contribution in [0.3, 0.4) is 0 Å². The van der Waals surface area contributed by atoms with Gasteiger partial charge in [0.25, 0.3) is 11.5 Å². The van der Waals surface area contributed by atoms with Crippen LogP contribution in [0, 0.1) is 27.7 Å². The average molecular weight is 521 g/mol. The maximum atomic E-state index is 13.8. The SMILES string of the molecule is CCc1c(C)c(C)c(C)c(C(=O)N2CCc3nc(NC(C)c4ccc(CF)cc4)n(OC)c(=O)c3C2)c1C. The number of anilines is 1. The van der Waals surface area contributed by atoms with Gasteiger partial charge in [0.2, 0.25) is 5.95 Å². The fraction of sp³-hybridized carbons (Fsp3) is 0.433. The van der Waals surface area contributed by atoms with Crippen molar-refractivity contribution in [1.82, 2.24) is 14.6 Å². The van der Waals surface area contributed by atoms with Crippen molar-refractivity contribution in [3.8, 4) is 0 Å². The van der Waals surface area contributed by atoms with Crippen LogP contribution in [-0.2, 0) is 26.1 Å². The third kappa shape index (κ3) is 4.79. The second-order valence-corrected chi connectivity index (χ2v) is 10.1. The number of hydrogen-bond acceptors (Lipinski definition) is 5. The molecule has 2 heterocycles. The van der Waals surface area contributed by atoms with E-state index in [1.54, 1.807) is 17.0 Å². The number of carbonyl (C=O) groups excluding carboxylic acids is 1. The lowest BCUT2D eigenvalue weighted by Crippen LogP contribution is -2.43. The Morgan fingerprint density at radius 3 is 2.39 bits per heavy atom. The van der Waals surface area contributed by atoms with Crippen molar-refractivity contribution in [3.63, 3.8) is 0 Å². The van der Waals surface area contributed by atoms with Gasteiger partial charge in [-0.05, 0) is 80.0 Å². The zero-order chi connectivity index (χ0) is 27.7. The van der Waals surface area contributed by atoms with E-state index in [-0.39, 0.29) is 24.1 Å². The number of rotatable bonds is 7. The van der Waals surface area contributed by atoms with E-state index in [4.69, 9.17) is 9.82 Å². The summed E-state index contributed by atoms with van der Waals surface area (Å²) in [6.07, 6.45) is 1.33. The van der Waals surface area contributed by atoms with Gasteiger partial charge in [0.1, 0.15) is 13.8 Å². The topological polar surface area (TPSA) is 76.5 Å². The minimum Gasteiger partial charge on any atom is -0.411 e. The number of nitrogens with one attached hydrogen (secondary N) is 1. The first-order valence-corrected chi connectivity index (χ1v) is 13.1. The molecule has 2 aromatic carbocycles. The van der Waals surface area contributed by atoms with Crippen molar-refractivity contribution < 1.29 is 14.0 Å². The fourth-order valence-electron chi connectivity index (χ4n) is 5.48. The summed E-state index contributed by atoms with van der Waals surface area (Å²) in [4.78, 5) is 39.2. The summed E-state index contributed by atoms with van der Waals surface area (Å²) in [6.45, 7) is 12.4. The van der Waals surface area contributed by atoms with Gasteiger partial charge < -0.3 is 15.1 Å². The van der Waals surface area contributed by atoms with E-state index in [1.807, 2.05) is 32.9 Å². The Hall–Kier alpha value is -3.68. The first kappa shape index (κ1) is 27.4. The van der Waals surface area contributed by atoms with E-state index < -0.39 is 6.67 Å². The van der Waals surface area contributed by atoms with Crippen LogP contribution < -0.4 is 15.7 Å². The molecule has 1 N–H and O–H groups in total. The third-order valence-corrected chi connectivity index (χ3v) is 7.99. The normalized spacial score (nSPS) is 13.7. The minimum atomic E-state index is -0.514. The largest absolute Gasteiger partial charge is 0.411 e. The van der Waals surface area contributed by atoms with Crippen molar-refractivity contribution in [2.45, 2.75) is 73.6 Å². The summed E-state index contributed by atoms with van der Waals surface area (Å²) >= 11 is 0. The molecule has 0 saturated carbocycles. The highest BCUT2D eigenvalue weighted by molar-refractivity contribution is 5.98. The van der Waals surface area contributed by atoms with Crippen LogP contribution in [0.15, 0.2) is 29.1 Å². The van der Waals surface area contributed by atoms with Gasteiger partial charge >= 0.3 is 0 Å². The zero-order valence-corrected chi connectivity index (χ0v) is 23.4. The molecule has 7 nitrogen and oxygen atoms in total.